The summed E-state index contributed by atoms with van der Waals surface area (Å²) < 4.78 is 68.2. The van der Waals surface area contributed by atoms with Gasteiger partial charge in [0.25, 0.3) is 0 Å². The Labute approximate surface area is 254 Å². The predicted octanol–water partition coefficient (Wildman–Crippen LogP) is 5.01. The maximum atomic E-state index is 15.1. The summed E-state index contributed by atoms with van der Waals surface area (Å²) in [7, 11) is 3.04. The number of aromatic nitrogens is 4. The number of amides is 1. The predicted molar refractivity (Wildman–Crippen MR) is 160 cm³/mol. The molecule has 2 aliphatic heterocycles. The van der Waals surface area contributed by atoms with Gasteiger partial charge in [-0.15, -0.1) is 11.8 Å². The highest BCUT2D eigenvalue weighted by atomic mass is 32.2. The number of benzene rings is 2. The molecule has 1 fully saturated rings. The number of fused-ring (bicyclic) bond motifs is 1. The van der Waals surface area contributed by atoms with Crippen molar-refractivity contribution in [2.24, 2.45) is 7.05 Å². The van der Waals surface area contributed by atoms with Gasteiger partial charge in [0.05, 0.1) is 40.8 Å². The fraction of sp³-hybridized carbons (Fsp3) is 0.400. The Hall–Kier alpha value is -3.91. The second kappa shape index (κ2) is 10.9. The highest BCUT2D eigenvalue weighted by molar-refractivity contribution is 7.99. The van der Waals surface area contributed by atoms with Gasteiger partial charge in [0, 0.05) is 66.5 Å². The molecule has 2 aromatic heterocycles. The Morgan fingerprint density at radius 3 is 2.61 bits per heavy atom. The first kappa shape index (κ1) is 30.1. The van der Waals surface area contributed by atoms with Crippen LogP contribution in [0, 0.1) is 5.82 Å². The average Bonchev–Trinajstić information content (AvgIpc) is 3.38. The van der Waals surface area contributed by atoms with Crippen molar-refractivity contribution in [3.8, 4) is 11.1 Å². The topological polar surface area (TPSA) is 85.5 Å². The van der Waals surface area contributed by atoms with Crippen molar-refractivity contribution in [1.82, 2.24) is 24.2 Å². The molecule has 2 aliphatic rings. The zero-order valence-electron chi connectivity index (χ0n) is 24.5. The standard InChI is InChI=1S/C30H30F4N6O3S/c1-6-23(41)38-11-16(3)39(12-15(38)2)28-19-9-21(30(32,33)34)24(18-7-8-22(31)20-10-35-37(4)25(18)20)27-26(19)40(29(42)36-28)17(13-43-5)14-44-27/h6-10,15-17H,1,11-14H2,2-5H3/t15-,16+,17?/m1/s1. The van der Waals surface area contributed by atoms with Crippen LogP contribution in [0.25, 0.3) is 32.9 Å². The minimum atomic E-state index is -4.81. The van der Waals surface area contributed by atoms with E-state index >= 15 is 13.2 Å². The van der Waals surface area contributed by atoms with Crippen molar-refractivity contribution < 1.29 is 27.1 Å². The van der Waals surface area contributed by atoms with Crippen LogP contribution >= 0.6 is 11.8 Å². The number of ether oxygens (including phenoxy) is 1. The number of carbonyl (C=O) groups is 1. The van der Waals surface area contributed by atoms with Gasteiger partial charge in [-0.3, -0.25) is 14.0 Å². The number of hydrogen-bond acceptors (Lipinski definition) is 7. The molecule has 1 unspecified atom stereocenters. The van der Waals surface area contributed by atoms with E-state index in [1.807, 2.05) is 13.8 Å². The average molecular weight is 631 g/mol. The van der Waals surface area contributed by atoms with Gasteiger partial charge < -0.3 is 14.5 Å². The molecule has 0 radical (unpaired) electrons. The molecule has 1 amide bonds. The van der Waals surface area contributed by atoms with Gasteiger partial charge in [-0.25, -0.2) is 9.18 Å². The summed E-state index contributed by atoms with van der Waals surface area (Å²) in [5, 5.41) is 4.37. The Morgan fingerprint density at radius 1 is 1.18 bits per heavy atom. The summed E-state index contributed by atoms with van der Waals surface area (Å²) in [6, 6.07) is 2.34. The van der Waals surface area contributed by atoms with E-state index in [4.69, 9.17) is 4.74 Å². The quantitative estimate of drug-likeness (QED) is 0.226. The van der Waals surface area contributed by atoms with Gasteiger partial charge in [-0.05, 0) is 38.1 Å². The van der Waals surface area contributed by atoms with Crippen LogP contribution in [0.3, 0.4) is 0 Å². The lowest BCUT2D eigenvalue weighted by Crippen LogP contribution is -2.58. The number of carbonyl (C=O) groups excluding carboxylic acids is 1. The van der Waals surface area contributed by atoms with Crippen molar-refractivity contribution >= 4 is 45.3 Å². The molecule has 9 nitrogen and oxygen atoms in total. The van der Waals surface area contributed by atoms with Crippen LogP contribution in [0.1, 0.15) is 25.5 Å². The Balaban J connectivity index is 1.70. The van der Waals surface area contributed by atoms with Crippen LogP contribution in [0.15, 0.2) is 46.7 Å². The number of nitrogens with zero attached hydrogens (tertiary/aromatic N) is 6. The second-order valence-corrected chi connectivity index (χ2v) is 12.2. The summed E-state index contributed by atoms with van der Waals surface area (Å²) in [5.74, 6) is -0.477. The van der Waals surface area contributed by atoms with E-state index in [0.717, 1.165) is 12.1 Å². The van der Waals surface area contributed by atoms with Gasteiger partial charge in [0.2, 0.25) is 5.91 Å². The Morgan fingerprint density at radius 2 is 1.93 bits per heavy atom. The van der Waals surface area contributed by atoms with Gasteiger partial charge in [0.1, 0.15) is 11.6 Å². The molecule has 3 atom stereocenters. The molecule has 0 spiro atoms. The lowest BCUT2D eigenvalue weighted by Gasteiger charge is -2.45. The van der Waals surface area contributed by atoms with Crippen LogP contribution in [0.5, 0.6) is 0 Å². The molecule has 2 aromatic carbocycles. The molecule has 6 rings (SSSR count). The molecule has 14 heteroatoms. The molecule has 0 bridgehead atoms. The maximum absolute atomic E-state index is 15.1. The fourth-order valence-corrected chi connectivity index (χ4v) is 7.73. The van der Waals surface area contributed by atoms with E-state index in [2.05, 4.69) is 16.7 Å². The molecule has 4 aromatic rings. The largest absolute Gasteiger partial charge is 0.417 e. The highest BCUT2D eigenvalue weighted by Crippen LogP contribution is 2.51. The van der Waals surface area contributed by atoms with Gasteiger partial charge in [0.15, 0.2) is 0 Å². The first-order valence-corrected chi connectivity index (χ1v) is 15.0. The summed E-state index contributed by atoms with van der Waals surface area (Å²) in [5.41, 5.74) is -1.02. The summed E-state index contributed by atoms with van der Waals surface area (Å²) >= 11 is 1.20. The van der Waals surface area contributed by atoms with Gasteiger partial charge in [-0.2, -0.15) is 23.3 Å². The number of halogens is 4. The van der Waals surface area contributed by atoms with Crippen molar-refractivity contribution in [2.45, 2.75) is 43.0 Å². The molecule has 0 aliphatic carbocycles. The second-order valence-electron chi connectivity index (χ2n) is 11.2. The molecular weight excluding hydrogens is 600 g/mol. The number of thioether (sulfide) groups is 1. The van der Waals surface area contributed by atoms with E-state index in [-0.39, 0.29) is 81.6 Å². The lowest BCUT2D eigenvalue weighted by molar-refractivity contribution is -0.137. The Bertz CT molecular complexity index is 1890. The third-order valence-corrected chi connectivity index (χ3v) is 9.66. The summed E-state index contributed by atoms with van der Waals surface area (Å²) in [6.45, 7) is 7.89. The number of anilines is 1. The van der Waals surface area contributed by atoms with Crippen molar-refractivity contribution in [3.05, 3.63) is 58.9 Å². The number of aryl methyl sites for hydroxylation is 1. The highest BCUT2D eigenvalue weighted by Gasteiger charge is 2.41. The van der Waals surface area contributed by atoms with E-state index in [9.17, 15) is 14.0 Å². The van der Waals surface area contributed by atoms with E-state index in [1.165, 1.54) is 46.5 Å². The first-order valence-electron chi connectivity index (χ1n) is 14.0. The molecular formula is C30H30F4N6O3S. The Kier molecular flexibility index (Phi) is 7.47. The minimum Gasteiger partial charge on any atom is -0.383 e. The normalized spacial score (nSPS) is 20.5. The van der Waals surface area contributed by atoms with E-state index in [0.29, 0.717) is 5.52 Å². The zero-order chi connectivity index (χ0) is 31.7. The van der Waals surface area contributed by atoms with Crippen molar-refractivity contribution in [2.75, 3.05) is 37.5 Å². The van der Waals surface area contributed by atoms with Crippen LogP contribution in [-0.2, 0) is 22.8 Å². The summed E-state index contributed by atoms with van der Waals surface area (Å²) in [4.78, 5) is 34.3. The molecule has 44 heavy (non-hydrogen) atoms. The number of rotatable bonds is 5. The maximum Gasteiger partial charge on any atom is 0.417 e. The van der Waals surface area contributed by atoms with Crippen LogP contribution in [-0.4, -0.2) is 74.8 Å². The van der Waals surface area contributed by atoms with Crippen molar-refractivity contribution in [1.29, 1.82) is 0 Å². The fourth-order valence-electron chi connectivity index (χ4n) is 6.42. The van der Waals surface area contributed by atoms with Crippen molar-refractivity contribution in [3.63, 3.8) is 0 Å². The van der Waals surface area contributed by atoms with Crippen LogP contribution in [0.4, 0.5) is 23.4 Å². The molecule has 0 saturated carbocycles. The molecule has 1 saturated heterocycles. The summed E-state index contributed by atoms with van der Waals surface area (Å²) in [6.07, 6.45) is -2.30. The number of alkyl halides is 3. The third kappa shape index (κ3) is 4.66. The zero-order valence-corrected chi connectivity index (χ0v) is 25.3. The number of hydrogen-bond donors (Lipinski definition) is 0. The van der Waals surface area contributed by atoms with Crippen LogP contribution in [0.2, 0.25) is 0 Å². The smallest absolute Gasteiger partial charge is 0.383 e. The minimum absolute atomic E-state index is 0.0889. The SMILES string of the molecule is C=CC(=O)N1C[C@H](C)N(c2nc(=O)n3c4c(c(-c5ccc(F)c6cnn(C)c56)c(C(F)(F)F)cc24)SCC3COC)C[C@H]1C. The number of piperazine rings is 1. The van der Waals surface area contributed by atoms with Gasteiger partial charge >= 0.3 is 11.9 Å². The van der Waals surface area contributed by atoms with E-state index < -0.39 is 29.3 Å². The first-order chi connectivity index (χ1) is 20.9. The van der Waals surface area contributed by atoms with Gasteiger partial charge in [-0.1, -0.05) is 6.58 Å². The van der Waals surface area contributed by atoms with Crippen LogP contribution < -0.4 is 10.6 Å². The molecule has 0 N–H and O–H groups in total. The number of methoxy groups -OCH3 is 1. The van der Waals surface area contributed by atoms with E-state index in [1.54, 1.807) is 16.8 Å². The molecule has 232 valence electrons. The monoisotopic (exact) mass is 630 g/mol. The lowest BCUT2D eigenvalue weighted by atomic mass is 9.94. The third-order valence-electron chi connectivity index (χ3n) is 8.43. The molecule has 4 heterocycles.